The van der Waals surface area contributed by atoms with Gasteiger partial charge in [0.15, 0.2) is 0 Å². The Labute approximate surface area is 101 Å². The van der Waals surface area contributed by atoms with E-state index >= 15 is 0 Å². The van der Waals surface area contributed by atoms with Crippen molar-refractivity contribution in [2.45, 2.75) is 14.4 Å². The fraction of sp³-hybridized carbons (Fsp3) is 0.200. The highest BCUT2D eigenvalue weighted by atomic mass is 16.5. The summed E-state index contributed by atoms with van der Waals surface area (Å²) in [5.41, 5.74) is 3.60. The van der Waals surface area contributed by atoms with Crippen LogP contribution < -0.4 is 4.74 Å². The first kappa shape index (κ1) is 11.5. The number of aryl methyl sites for hydroxylation is 1. The van der Waals surface area contributed by atoms with Gasteiger partial charge in [0.25, 0.3) is 0 Å². The second-order valence-electron chi connectivity index (χ2n) is 4.09. The number of fused-ring (bicyclic) bond motifs is 3. The molecule has 0 saturated heterocycles. The summed E-state index contributed by atoms with van der Waals surface area (Å²) in [5.74, 6) is 0.898. The third kappa shape index (κ3) is 1.76. The second kappa shape index (κ2) is 4.13. The van der Waals surface area contributed by atoms with Crippen molar-refractivity contribution in [3.05, 3.63) is 42.0 Å². The summed E-state index contributed by atoms with van der Waals surface area (Å²) in [7, 11) is 1.70. The van der Waals surface area contributed by atoms with Crippen LogP contribution in [0.2, 0.25) is 0 Å². The van der Waals surface area contributed by atoms with Crippen molar-refractivity contribution in [1.29, 1.82) is 0 Å². The maximum atomic E-state index is 5.26. The van der Waals surface area contributed by atoms with Gasteiger partial charge in [0.2, 0.25) is 0 Å². The Hall–Kier alpha value is -1.96. The molecular weight excluding hydrogens is 210 g/mol. The average molecular weight is 227 g/mol. The predicted octanol–water partition coefficient (Wildman–Crippen LogP) is 4.27. The lowest BCUT2D eigenvalue weighted by Crippen LogP contribution is -1.80. The highest BCUT2D eigenvalue weighted by Crippen LogP contribution is 2.29. The standard InChI is InChI=1S/C14H13NO.CH4/c1-9-3-5-13-11(7-9)12-8-10(16-2)4-6-14(12)15-13;/h3-8,15H,1-2H3;1H4. The fourth-order valence-electron chi connectivity index (χ4n) is 2.12. The maximum absolute atomic E-state index is 5.26. The molecular formula is C15H17NO. The van der Waals surface area contributed by atoms with Crippen LogP contribution in [-0.2, 0) is 0 Å². The Balaban J connectivity index is 0.00000108. The molecule has 17 heavy (non-hydrogen) atoms. The molecule has 0 atom stereocenters. The number of hydrogen-bond donors (Lipinski definition) is 1. The number of methoxy groups -OCH3 is 1. The van der Waals surface area contributed by atoms with Gasteiger partial charge in [-0.1, -0.05) is 19.1 Å². The zero-order valence-electron chi connectivity index (χ0n) is 9.37. The Kier molecular flexibility index (Phi) is 2.80. The van der Waals surface area contributed by atoms with Crippen LogP contribution in [0.15, 0.2) is 36.4 Å². The van der Waals surface area contributed by atoms with E-state index in [1.165, 1.54) is 21.9 Å². The highest BCUT2D eigenvalue weighted by Gasteiger charge is 2.05. The molecule has 2 aromatic carbocycles. The van der Waals surface area contributed by atoms with Crippen LogP contribution in [0.1, 0.15) is 13.0 Å². The summed E-state index contributed by atoms with van der Waals surface area (Å²) >= 11 is 0. The van der Waals surface area contributed by atoms with Crippen LogP contribution >= 0.6 is 0 Å². The van der Waals surface area contributed by atoms with Gasteiger partial charge in [-0.25, -0.2) is 0 Å². The molecule has 1 aromatic heterocycles. The molecule has 0 aliphatic heterocycles. The minimum atomic E-state index is 0. The largest absolute Gasteiger partial charge is 0.497 e. The Morgan fingerprint density at radius 1 is 0.941 bits per heavy atom. The van der Waals surface area contributed by atoms with Crippen molar-refractivity contribution in [3.8, 4) is 5.75 Å². The highest BCUT2D eigenvalue weighted by molar-refractivity contribution is 6.07. The molecule has 2 heteroatoms. The molecule has 0 aliphatic carbocycles. The van der Waals surface area contributed by atoms with E-state index in [1.54, 1.807) is 7.11 Å². The molecule has 0 radical (unpaired) electrons. The van der Waals surface area contributed by atoms with Crippen LogP contribution in [0.5, 0.6) is 5.75 Å². The van der Waals surface area contributed by atoms with Crippen LogP contribution in [0, 0.1) is 6.92 Å². The van der Waals surface area contributed by atoms with Gasteiger partial charge in [0, 0.05) is 21.8 Å². The number of benzene rings is 2. The van der Waals surface area contributed by atoms with E-state index in [4.69, 9.17) is 4.74 Å². The van der Waals surface area contributed by atoms with Gasteiger partial charge in [-0.15, -0.1) is 0 Å². The molecule has 3 aromatic rings. The minimum absolute atomic E-state index is 0. The second-order valence-corrected chi connectivity index (χ2v) is 4.09. The molecule has 0 fully saturated rings. The van der Waals surface area contributed by atoms with E-state index in [-0.39, 0.29) is 7.43 Å². The Morgan fingerprint density at radius 3 is 2.29 bits per heavy atom. The average Bonchev–Trinajstić information content (AvgIpc) is 2.66. The number of ether oxygens (including phenoxy) is 1. The van der Waals surface area contributed by atoms with Gasteiger partial charge in [-0.2, -0.15) is 0 Å². The van der Waals surface area contributed by atoms with Crippen molar-refractivity contribution in [2.75, 3.05) is 7.11 Å². The lowest BCUT2D eigenvalue weighted by molar-refractivity contribution is 0.415. The molecule has 0 bridgehead atoms. The molecule has 0 spiro atoms. The van der Waals surface area contributed by atoms with E-state index in [0.717, 1.165) is 11.3 Å². The zero-order valence-corrected chi connectivity index (χ0v) is 9.37. The Morgan fingerprint density at radius 2 is 1.59 bits per heavy atom. The molecule has 1 N–H and O–H groups in total. The first-order valence-corrected chi connectivity index (χ1v) is 5.34. The topological polar surface area (TPSA) is 25.0 Å². The lowest BCUT2D eigenvalue weighted by atomic mass is 10.1. The third-order valence-electron chi connectivity index (χ3n) is 2.96. The van der Waals surface area contributed by atoms with Gasteiger partial charge in [0.1, 0.15) is 5.75 Å². The maximum Gasteiger partial charge on any atom is 0.119 e. The van der Waals surface area contributed by atoms with Gasteiger partial charge in [-0.05, 0) is 37.3 Å². The summed E-state index contributed by atoms with van der Waals surface area (Å²) in [6, 6.07) is 12.6. The van der Waals surface area contributed by atoms with Crippen molar-refractivity contribution >= 4 is 21.8 Å². The number of H-pyrrole nitrogens is 1. The summed E-state index contributed by atoms with van der Waals surface area (Å²) in [5, 5.41) is 2.48. The normalized spacial score (nSPS) is 10.5. The third-order valence-corrected chi connectivity index (χ3v) is 2.96. The van der Waals surface area contributed by atoms with Crippen molar-refractivity contribution in [3.63, 3.8) is 0 Å². The zero-order chi connectivity index (χ0) is 11.1. The van der Waals surface area contributed by atoms with E-state index in [0.29, 0.717) is 0 Å². The number of aromatic amines is 1. The van der Waals surface area contributed by atoms with Gasteiger partial charge >= 0.3 is 0 Å². The minimum Gasteiger partial charge on any atom is -0.497 e. The molecule has 0 unspecified atom stereocenters. The molecule has 3 rings (SSSR count). The van der Waals surface area contributed by atoms with Crippen molar-refractivity contribution < 1.29 is 4.74 Å². The summed E-state index contributed by atoms with van der Waals surface area (Å²) in [6.07, 6.45) is 0. The molecule has 0 amide bonds. The smallest absolute Gasteiger partial charge is 0.119 e. The number of rotatable bonds is 1. The quantitative estimate of drug-likeness (QED) is 0.659. The number of hydrogen-bond acceptors (Lipinski definition) is 1. The lowest BCUT2D eigenvalue weighted by Gasteiger charge is -1.99. The molecule has 88 valence electrons. The van der Waals surface area contributed by atoms with Crippen LogP contribution in [0.4, 0.5) is 0 Å². The first-order valence-electron chi connectivity index (χ1n) is 5.34. The van der Waals surface area contributed by atoms with Crippen LogP contribution in [0.3, 0.4) is 0 Å². The van der Waals surface area contributed by atoms with Gasteiger partial charge < -0.3 is 9.72 Å². The molecule has 0 saturated carbocycles. The van der Waals surface area contributed by atoms with Gasteiger partial charge in [0.05, 0.1) is 7.11 Å². The van der Waals surface area contributed by atoms with Crippen molar-refractivity contribution in [1.82, 2.24) is 4.98 Å². The van der Waals surface area contributed by atoms with Crippen molar-refractivity contribution in [2.24, 2.45) is 0 Å². The first-order chi connectivity index (χ1) is 7.78. The van der Waals surface area contributed by atoms with E-state index in [9.17, 15) is 0 Å². The summed E-state index contributed by atoms with van der Waals surface area (Å²) < 4.78 is 5.26. The SMILES string of the molecule is C.COc1ccc2[nH]c3ccc(C)cc3c2c1. The van der Waals surface area contributed by atoms with E-state index in [1.807, 2.05) is 6.07 Å². The molecule has 2 nitrogen and oxygen atoms in total. The van der Waals surface area contributed by atoms with E-state index in [2.05, 4.69) is 42.2 Å². The number of nitrogens with one attached hydrogen (secondary N) is 1. The van der Waals surface area contributed by atoms with Crippen LogP contribution in [-0.4, -0.2) is 12.1 Å². The van der Waals surface area contributed by atoms with E-state index < -0.39 is 0 Å². The number of aromatic nitrogens is 1. The molecule has 1 heterocycles. The monoisotopic (exact) mass is 227 g/mol. The van der Waals surface area contributed by atoms with Crippen LogP contribution in [0.25, 0.3) is 21.8 Å². The fourth-order valence-corrected chi connectivity index (χ4v) is 2.12. The Bertz CT molecular complexity index is 667. The molecule has 0 aliphatic rings. The predicted molar refractivity (Wildman–Crippen MR) is 73.8 cm³/mol. The summed E-state index contributed by atoms with van der Waals surface area (Å²) in [4.78, 5) is 3.40. The van der Waals surface area contributed by atoms with Gasteiger partial charge in [-0.3, -0.25) is 0 Å². The summed E-state index contributed by atoms with van der Waals surface area (Å²) in [6.45, 7) is 2.11.